The van der Waals surface area contributed by atoms with Crippen LogP contribution in [-0.4, -0.2) is 28.3 Å². The molecule has 2 aromatic rings. The number of rotatable bonds is 3. The summed E-state index contributed by atoms with van der Waals surface area (Å²) in [5.41, 5.74) is 1.34. The molecule has 0 saturated heterocycles. The molecule has 0 aromatic carbocycles. The zero-order chi connectivity index (χ0) is 11.4. The van der Waals surface area contributed by atoms with Gasteiger partial charge in [-0.05, 0) is 12.1 Å². The summed E-state index contributed by atoms with van der Waals surface area (Å²) in [5, 5.41) is 0. The molecule has 0 fully saturated rings. The minimum atomic E-state index is 0.278. The monoisotopic (exact) mass is 215 g/mol. The predicted octanol–water partition coefficient (Wildman–Crippen LogP) is 1.36. The summed E-state index contributed by atoms with van der Waals surface area (Å²) in [4.78, 5) is 22.9. The van der Waals surface area contributed by atoms with Crippen molar-refractivity contribution in [2.24, 2.45) is 0 Å². The van der Waals surface area contributed by atoms with E-state index < -0.39 is 0 Å². The fourth-order valence-electron chi connectivity index (χ4n) is 1.27. The fourth-order valence-corrected chi connectivity index (χ4v) is 1.27. The lowest BCUT2D eigenvalue weighted by Crippen LogP contribution is -1.96. The Bertz CT molecular complexity index is 497. The second kappa shape index (κ2) is 4.48. The van der Waals surface area contributed by atoms with Crippen molar-refractivity contribution in [2.45, 2.75) is 0 Å². The van der Waals surface area contributed by atoms with Crippen LogP contribution in [0.1, 0.15) is 10.5 Å². The molecule has 0 amide bonds. The number of hydrogen-bond acceptors (Lipinski definition) is 5. The van der Waals surface area contributed by atoms with Crippen molar-refractivity contribution in [1.29, 1.82) is 0 Å². The maximum absolute atomic E-state index is 10.8. The smallest absolute Gasteiger partial charge is 0.170 e. The Kier molecular flexibility index (Phi) is 2.86. The van der Waals surface area contributed by atoms with E-state index in [-0.39, 0.29) is 5.69 Å². The molecule has 5 heteroatoms. The van der Waals surface area contributed by atoms with Crippen LogP contribution in [0.25, 0.3) is 11.4 Å². The summed E-state index contributed by atoms with van der Waals surface area (Å²) in [5.74, 6) is 0.653. The highest BCUT2D eigenvalue weighted by atomic mass is 16.5. The Morgan fingerprint density at radius 1 is 1.19 bits per heavy atom. The second-order valence-electron chi connectivity index (χ2n) is 2.99. The Balaban J connectivity index is 2.46. The molecule has 2 rings (SSSR count). The predicted molar refractivity (Wildman–Crippen MR) is 57.2 cm³/mol. The molecule has 0 saturated carbocycles. The normalized spacial score (nSPS) is 9.81. The number of hydrogen-bond donors (Lipinski definition) is 0. The van der Waals surface area contributed by atoms with Gasteiger partial charge in [-0.25, -0.2) is 4.98 Å². The van der Waals surface area contributed by atoms with Gasteiger partial charge in [0.15, 0.2) is 6.29 Å². The van der Waals surface area contributed by atoms with Gasteiger partial charge in [0.1, 0.15) is 17.1 Å². The van der Waals surface area contributed by atoms with E-state index in [4.69, 9.17) is 4.74 Å². The van der Waals surface area contributed by atoms with Gasteiger partial charge in [-0.3, -0.25) is 14.8 Å². The number of methoxy groups -OCH3 is 1. The highest BCUT2D eigenvalue weighted by Gasteiger charge is 2.07. The van der Waals surface area contributed by atoms with Crippen molar-refractivity contribution in [1.82, 2.24) is 15.0 Å². The van der Waals surface area contributed by atoms with E-state index in [0.717, 1.165) is 0 Å². The minimum Gasteiger partial charge on any atom is -0.495 e. The number of pyridine rings is 1. The molecule has 0 unspecified atom stereocenters. The van der Waals surface area contributed by atoms with Gasteiger partial charge in [-0.1, -0.05) is 0 Å². The van der Waals surface area contributed by atoms with E-state index in [2.05, 4.69) is 15.0 Å². The minimum absolute atomic E-state index is 0.278. The van der Waals surface area contributed by atoms with Crippen molar-refractivity contribution in [3.05, 3.63) is 36.4 Å². The molecule has 80 valence electrons. The molecule has 0 atom stereocenters. The van der Waals surface area contributed by atoms with Crippen molar-refractivity contribution in [2.75, 3.05) is 7.11 Å². The molecule has 0 spiro atoms. The van der Waals surface area contributed by atoms with Crippen LogP contribution in [0.5, 0.6) is 5.75 Å². The van der Waals surface area contributed by atoms with E-state index in [1.807, 2.05) is 0 Å². The molecular weight excluding hydrogens is 206 g/mol. The summed E-state index contributed by atoms with van der Waals surface area (Å²) >= 11 is 0. The van der Waals surface area contributed by atoms with E-state index in [1.54, 1.807) is 25.4 Å². The number of aldehydes is 1. The average molecular weight is 215 g/mol. The van der Waals surface area contributed by atoms with Crippen molar-refractivity contribution < 1.29 is 9.53 Å². The highest BCUT2D eigenvalue weighted by molar-refractivity contribution is 5.81. The molecule has 0 aliphatic heterocycles. The summed E-state index contributed by atoms with van der Waals surface area (Å²) in [6.45, 7) is 0. The molecule has 16 heavy (non-hydrogen) atoms. The van der Waals surface area contributed by atoms with E-state index in [1.165, 1.54) is 12.4 Å². The van der Waals surface area contributed by atoms with Crippen molar-refractivity contribution in [3.8, 4) is 17.1 Å². The number of ether oxygens (including phenoxy) is 1. The lowest BCUT2D eigenvalue weighted by molar-refractivity contribution is 0.111. The van der Waals surface area contributed by atoms with Crippen molar-refractivity contribution >= 4 is 6.29 Å². The van der Waals surface area contributed by atoms with Gasteiger partial charge in [0, 0.05) is 12.4 Å². The van der Waals surface area contributed by atoms with Crippen LogP contribution in [0.3, 0.4) is 0 Å². The van der Waals surface area contributed by atoms with Crippen LogP contribution in [0.4, 0.5) is 0 Å². The summed E-state index contributed by atoms with van der Waals surface area (Å²) < 4.78 is 4.99. The quantitative estimate of drug-likeness (QED) is 0.723. The van der Waals surface area contributed by atoms with E-state index in [9.17, 15) is 4.79 Å². The topological polar surface area (TPSA) is 65.0 Å². The number of carbonyl (C=O) groups excluding carboxylic acids is 1. The maximum Gasteiger partial charge on any atom is 0.170 e. The van der Waals surface area contributed by atoms with Gasteiger partial charge in [-0.15, -0.1) is 0 Å². The largest absolute Gasteiger partial charge is 0.495 e. The van der Waals surface area contributed by atoms with Gasteiger partial charge >= 0.3 is 0 Å². The van der Waals surface area contributed by atoms with Crippen molar-refractivity contribution in [3.63, 3.8) is 0 Å². The van der Waals surface area contributed by atoms with Crippen LogP contribution in [-0.2, 0) is 0 Å². The lowest BCUT2D eigenvalue weighted by atomic mass is 10.2. The summed E-state index contributed by atoms with van der Waals surface area (Å²) in [6.07, 6.45) is 5.22. The zero-order valence-electron chi connectivity index (χ0n) is 8.62. The highest BCUT2D eigenvalue weighted by Crippen LogP contribution is 2.18. The number of nitrogens with zero attached hydrogens (tertiary/aromatic N) is 3. The summed E-state index contributed by atoms with van der Waals surface area (Å²) in [7, 11) is 1.57. The fraction of sp³-hybridized carbons (Fsp3) is 0.0909. The molecule has 2 aromatic heterocycles. The molecule has 2 heterocycles. The Hall–Kier alpha value is -2.30. The first-order valence-corrected chi connectivity index (χ1v) is 4.61. The third kappa shape index (κ3) is 1.88. The van der Waals surface area contributed by atoms with Crippen LogP contribution in [0.15, 0.2) is 30.7 Å². The Morgan fingerprint density at radius 3 is 2.62 bits per heavy atom. The molecule has 0 radical (unpaired) electrons. The molecule has 0 N–H and O–H groups in total. The molecule has 0 aliphatic rings. The average Bonchev–Trinajstić information content (AvgIpc) is 2.39. The van der Waals surface area contributed by atoms with Gasteiger partial charge < -0.3 is 4.74 Å². The first-order valence-electron chi connectivity index (χ1n) is 4.61. The lowest BCUT2D eigenvalue weighted by Gasteiger charge is -2.03. The van der Waals surface area contributed by atoms with Crippen LogP contribution in [0.2, 0.25) is 0 Å². The standard InChI is InChI=1S/C11H9N3O2/c1-16-8-2-3-9(14-6-8)11-10(7-15)12-4-5-13-11/h2-7H,1H3. The number of carbonyl (C=O) groups is 1. The van der Waals surface area contributed by atoms with Gasteiger partial charge in [0.2, 0.25) is 0 Å². The van der Waals surface area contributed by atoms with Gasteiger partial charge in [0.25, 0.3) is 0 Å². The first-order chi connectivity index (χ1) is 7.85. The number of aromatic nitrogens is 3. The maximum atomic E-state index is 10.8. The van der Waals surface area contributed by atoms with E-state index in [0.29, 0.717) is 23.4 Å². The molecule has 0 aliphatic carbocycles. The van der Waals surface area contributed by atoms with Crippen LogP contribution in [0, 0.1) is 0 Å². The molecule has 0 bridgehead atoms. The third-order valence-electron chi connectivity index (χ3n) is 2.05. The SMILES string of the molecule is COc1ccc(-c2nccnc2C=O)nc1. The molecule has 5 nitrogen and oxygen atoms in total. The van der Waals surface area contributed by atoms with Crippen LogP contribution >= 0.6 is 0 Å². The second-order valence-corrected chi connectivity index (χ2v) is 2.99. The molecular formula is C11H9N3O2. The third-order valence-corrected chi connectivity index (χ3v) is 2.05. The summed E-state index contributed by atoms with van der Waals surface area (Å²) in [6, 6.07) is 3.49. The van der Waals surface area contributed by atoms with Gasteiger partial charge in [0.05, 0.1) is 19.0 Å². The Labute approximate surface area is 92.2 Å². The van der Waals surface area contributed by atoms with Gasteiger partial charge in [-0.2, -0.15) is 0 Å². The zero-order valence-corrected chi connectivity index (χ0v) is 8.62. The first kappa shape index (κ1) is 10.2. The van der Waals surface area contributed by atoms with E-state index >= 15 is 0 Å². The van der Waals surface area contributed by atoms with Crippen LogP contribution < -0.4 is 4.74 Å². The Morgan fingerprint density at radius 2 is 2.00 bits per heavy atom.